The number of nitrogens with zero attached hydrogens (tertiary/aromatic N) is 1. The zero-order valence-corrected chi connectivity index (χ0v) is 10.1. The van der Waals surface area contributed by atoms with Crippen LogP contribution in [-0.4, -0.2) is 16.1 Å². The molecule has 1 aromatic carbocycles. The summed E-state index contributed by atoms with van der Waals surface area (Å²) in [6, 6.07) is 7.92. The fourth-order valence-corrected chi connectivity index (χ4v) is 1.54. The van der Waals surface area contributed by atoms with Crippen LogP contribution < -0.4 is 10.1 Å². The van der Waals surface area contributed by atoms with Gasteiger partial charge in [0.2, 0.25) is 0 Å². The van der Waals surface area contributed by atoms with Gasteiger partial charge in [0, 0.05) is 12.4 Å². The van der Waals surface area contributed by atoms with E-state index < -0.39 is 0 Å². The Morgan fingerprint density at radius 1 is 1.35 bits per heavy atom. The average Bonchev–Trinajstić information content (AvgIpc) is 2.80. The van der Waals surface area contributed by atoms with Crippen LogP contribution in [0.3, 0.4) is 0 Å². The number of imidazole rings is 1. The van der Waals surface area contributed by atoms with Gasteiger partial charge < -0.3 is 15.0 Å². The summed E-state index contributed by atoms with van der Waals surface area (Å²) >= 11 is 0. The zero-order chi connectivity index (χ0) is 12.1. The Morgan fingerprint density at radius 2 is 2.18 bits per heavy atom. The van der Waals surface area contributed by atoms with Gasteiger partial charge in [0.1, 0.15) is 11.6 Å². The highest BCUT2D eigenvalue weighted by molar-refractivity contribution is 5.56. The van der Waals surface area contributed by atoms with Crippen molar-refractivity contribution >= 4 is 5.69 Å². The Hall–Kier alpha value is -1.97. The molecule has 0 spiro atoms. The Balaban J connectivity index is 2.04. The normalized spacial score (nSPS) is 10.5. The number of aromatic nitrogens is 2. The molecule has 2 aromatic rings. The number of hydrogen-bond acceptors (Lipinski definition) is 3. The molecule has 0 fully saturated rings. The van der Waals surface area contributed by atoms with Gasteiger partial charge in [0.05, 0.1) is 18.3 Å². The Bertz CT molecular complexity index is 451. The molecule has 17 heavy (non-hydrogen) atoms. The highest BCUT2D eigenvalue weighted by Crippen LogP contribution is 2.24. The van der Waals surface area contributed by atoms with E-state index in [-0.39, 0.29) is 6.10 Å². The van der Waals surface area contributed by atoms with Gasteiger partial charge in [-0.3, -0.25) is 0 Å². The topological polar surface area (TPSA) is 49.9 Å². The first-order chi connectivity index (χ1) is 8.25. The van der Waals surface area contributed by atoms with Crippen molar-refractivity contribution in [2.75, 3.05) is 5.32 Å². The number of para-hydroxylation sites is 2. The summed E-state index contributed by atoms with van der Waals surface area (Å²) in [5.41, 5.74) is 0.984. The van der Waals surface area contributed by atoms with E-state index in [4.69, 9.17) is 4.74 Å². The van der Waals surface area contributed by atoms with Gasteiger partial charge in [0.25, 0.3) is 0 Å². The summed E-state index contributed by atoms with van der Waals surface area (Å²) in [5.74, 6) is 1.78. The van der Waals surface area contributed by atoms with E-state index in [1.165, 1.54) is 0 Å². The predicted molar refractivity (Wildman–Crippen MR) is 68.1 cm³/mol. The van der Waals surface area contributed by atoms with E-state index in [2.05, 4.69) is 15.3 Å². The van der Waals surface area contributed by atoms with Crippen molar-refractivity contribution in [2.45, 2.75) is 26.5 Å². The van der Waals surface area contributed by atoms with Crippen LogP contribution in [0.25, 0.3) is 0 Å². The largest absolute Gasteiger partial charge is 0.489 e. The minimum atomic E-state index is 0.168. The third-order valence-corrected chi connectivity index (χ3v) is 2.25. The molecule has 90 valence electrons. The lowest BCUT2D eigenvalue weighted by molar-refractivity contribution is 0.243. The second-order valence-corrected chi connectivity index (χ2v) is 4.05. The molecule has 0 saturated carbocycles. The van der Waals surface area contributed by atoms with Crippen LogP contribution >= 0.6 is 0 Å². The van der Waals surface area contributed by atoms with Gasteiger partial charge >= 0.3 is 0 Å². The summed E-state index contributed by atoms with van der Waals surface area (Å²) in [7, 11) is 0. The Labute approximate surface area is 101 Å². The predicted octanol–water partition coefficient (Wildman–Crippen LogP) is 2.81. The molecule has 2 N–H and O–H groups in total. The molecular weight excluding hydrogens is 214 g/mol. The molecular formula is C13H17N3O. The van der Waals surface area contributed by atoms with Gasteiger partial charge in [-0.1, -0.05) is 12.1 Å². The molecule has 4 heteroatoms. The van der Waals surface area contributed by atoms with Crippen molar-refractivity contribution in [1.29, 1.82) is 0 Å². The SMILES string of the molecule is CC(C)Oc1ccccc1NCc1ncc[nH]1. The summed E-state index contributed by atoms with van der Waals surface area (Å²) in [6.07, 6.45) is 3.72. The molecule has 0 radical (unpaired) electrons. The molecule has 0 atom stereocenters. The van der Waals surface area contributed by atoms with Crippen molar-refractivity contribution < 1.29 is 4.74 Å². The van der Waals surface area contributed by atoms with Gasteiger partial charge in [-0.05, 0) is 26.0 Å². The van der Waals surface area contributed by atoms with Crippen molar-refractivity contribution in [3.8, 4) is 5.75 Å². The second-order valence-electron chi connectivity index (χ2n) is 4.05. The Morgan fingerprint density at radius 3 is 2.88 bits per heavy atom. The van der Waals surface area contributed by atoms with Gasteiger partial charge in [0.15, 0.2) is 0 Å². The van der Waals surface area contributed by atoms with Gasteiger partial charge in [-0.15, -0.1) is 0 Å². The minimum absolute atomic E-state index is 0.168. The van der Waals surface area contributed by atoms with Gasteiger partial charge in [-0.25, -0.2) is 4.98 Å². The summed E-state index contributed by atoms with van der Waals surface area (Å²) in [5, 5.41) is 3.30. The zero-order valence-electron chi connectivity index (χ0n) is 10.1. The van der Waals surface area contributed by atoms with E-state index in [1.54, 1.807) is 6.20 Å². The van der Waals surface area contributed by atoms with Crippen molar-refractivity contribution in [2.24, 2.45) is 0 Å². The smallest absolute Gasteiger partial charge is 0.142 e. The van der Waals surface area contributed by atoms with Crippen LogP contribution in [0.4, 0.5) is 5.69 Å². The van der Waals surface area contributed by atoms with E-state index >= 15 is 0 Å². The fourth-order valence-electron chi connectivity index (χ4n) is 1.54. The number of H-pyrrole nitrogens is 1. The number of anilines is 1. The minimum Gasteiger partial charge on any atom is -0.489 e. The van der Waals surface area contributed by atoms with Crippen molar-refractivity contribution in [1.82, 2.24) is 9.97 Å². The summed E-state index contributed by atoms with van der Waals surface area (Å²) in [4.78, 5) is 7.22. The molecule has 0 aliphatic carbocycles. The van der Waals surface area contributed by atoms with Crippen molar-refractivity contribution in [3.63, 3.8) is 0 Å². The maximum atomic E-state index is 5.72. The van der Waals surface area contributed by atoms with Gasteiger partial charge in [-0.2, -0.15) is 0 Å². The first kappa shape index (κ1) is 11.5. The maximum Gasteiger partial charge on any atom is 0.142 e. The summed E-state index contributed by atoms with van der Waals surface area (Å²) < 4.78 is 5.72. The molecule has 1 aromatic heterocycles. The quantitative estimate of drug-likeness (QED) is 0.832. The number of benzene rings is 1. The van der Waals surface area contributed by atoms with E-state index in [0.717, 1.165) is 17.3 Å². The number of ether oxygens (including phenoxy) is 1. The average molecular weight is 231 g/mol. The molecule has 0 unspecified atom stereocenters. The lowest BCUT2D eigenvalue weighted by Crippen LogP contribution is -2.09. The molecule has 4 nitrogen and oxygen atoms in total. The molecule has 1 heterocycles. The number of nitrogens with one attached hydrogen (secondary N) is 2. The highest BCUT2D eigenvalue weighted by atomic mass is 16.5. The lowest BCUT2D eigenvalue weighted by Gasteiger charge is -2.14. The summed E-state index contributed by atoms with van der Waals surface area (Å²) in [6.45, 7) is 4.69. The first-order valence-electron chi connectivity index (χ1n) is 5.73. The van der Waals surface area contributed by atoms with Crippen molar-refractivity contribution in [3.05, 3.63) is 42.5 Å². The molecule has 0 aliphatic rings. The highest BCUT2D eigenvalue weighted by Gasteiger charge is 2.04. The number of aromatic amines is 1. The maximum absolute atomic E-state index is 5.72. The first-order valence-corrected chi connectivity index (χ1v) is 5.73. The number of rotatable bonds is 5. The molecule has 0 aliphatic heterocycles. The lowest BCUT2D eigenvalue weighted by atomic mass is 10.3. The van der Waals surface area contributed by atoms with Crippen LogP contribution in [-0.2, 0) is 6.54 Å². The van der Waals surface area contributed by atoms with E-state index in [0.29, 0.717) is 6.54 Å². The number of hydrogen-bond donors (Lipinski definition) is 2. The van der Waals surface area contributed by atoms with Crippen LogP contribution in [0.1, 0.15) is 19.7 Å². The second kappa shape index (κ2) is 5.39. The third kappa shape index (κ3) is 3.24. The molecule has 0 bridgehead atoms. The monoisotopic (exact) mass is 231 g/mol. The molecule has 0 saturated heterocycles. The standard InChI is InChI=1S/C13H17N3O/c1-10(2)17-12-6-4-3-5-11(12)16-9-13-14-7-8-15-13/h3-8,10,16H,9H2,1-2H3,(H,14,15). The van der Waals surface area contributed by atoms with E-state index in [1.807, 2.05) is 44.3 Å². The molecule has 2 rings (SSSR count). The van der Waals surface area contributed by atoms with Crippen LogP contribution in [0.2, 0.25) is 0 Å². The van der Waals surface area contributed by atoms with Crippen LogP contribution in [0.15, 0.2) is 36.7 Å². The molecule has 0 amide bonds. The van der Waals surface area contributed by atoms with E-state index in [9.17, 15) is 0 Å². The van der Waals surface area contributed by atoms with Crippen LogP contribution in [0.5, 0.6) is 5.75 Å². The fraction of sp³-hybridized carbons (Fsp3) is 0.308. The van der Waals surface area contributed by atoms with Crippen LogP contribution in [0, 0.1) is 0 Å². The third-order valence-electron chi connectivity index (χ3n) is 2.25. The Kier molecular flexibility index (Phi) is 3.65.